The average Bonchev–Trinajstić information content (AvgIpc) is 1.98. The van der Waals surface area contributed by atoms with Gasteiger partial charge in [-0.05, 0) is 0 Å². The van der Waals surface area contributed by atoms with Gasteiger partial charge in [0, 0.05) is 11.5 Å². The standard InChI is InChI=1S/C8H10N2O2/c1-8(4-12-5-8)3-2-7(11)10-6-9/h2-3H,4-5H2,1H3,(H,10,11). The number of ether oxygens (including phenoxy) is 1. The van der Waals surface area contributed by atoms with E-state index in [1.807, 2.05) is 12.2 Å². The SMILES string of the molecule is CC1(C=CC(=O)NC#N)COC1. The van der Waals surface area contributed by atoms with Crippen molar-refractivity contribution in [2.24, 2.45) is 5.41 Å². The summed E-state index contributed by atoms with van der Waals surface area (Å²) in [4.78, 5) is 10.8. The quantitative estimate of drug-likeness (QED) is 0.361. The zero-order valence-corrected chi connectivity index (χ0v) is 6.83. The number of nitrogens with one attached hydrogen (secondary N) is 1. The minimum Gasteiger partial charge on any atom is -0.379 e. The van der Waals surface area contributed by atoms with Crippen LogP contribution in [0.3, 0.4) is 0 Å². The Hall–Kier alpha value is -1.34. The fourth-order valence-corrected chi connectivity index (χ4v) is 0.894. The third kappa shape index (κ3) is 2.07. The van der Waals surface area contributed by atoms with Crippen molar-refractivity contribution in [1.82, 2.24) is 5.32 Å². The number of hydrogen-bond acceptors (Lipinski definition) is 3. The first-order valence-electron chi connectivity index (χ1n) is 3.62. The van der Waals surface area contributed by atoms with Gasteiger partial charge in [-0.2, -0.15) is 5.26 Å². The highest BCUT2D eigenvalue weighted by molar-refractivity contribution is 5.88. The second kappa shape index (κ2) is 3.37. The van der Waals surface area contributed by atoms with E-state index in [0.717, 1.165) is 0 Å². The van der Waals surface area contributed by atoms with Crippen LogP contribution in [0.15, 0.2) is 12.2 Å². The molecule has 0 saturated carbocycles. The highest BCUT2D eigenvalue weighted by Crippen LogP contribution is 2.27. The lowest BCUT2D eigenvalue weighted by Crippen LogP contribution is -2.38. The molecule has 64 valence electrons. The molecule has 0 radical (unpaired) electrons. The molecule has 0 aromatic carbocycles. The summed E-state index contributed by atoms with van der Waals surface area (Å²) in [5.41, 5.74) is -0.0210. The van der Waals surface area contributed by atoms with Crippen molar-refractivity contribution in [2.75, 3.05) is 13.2 Å². The maximum atomic E-state index is 10.8. The number of amides is 1. The molecule has 0 aromatic rings. The summed E-state index contributed by atoms with van der Waals surface area (Å²) >= 11 is 0. The Labute approximate surface area is 70.8 Å². The van der Waals surface area contributed by atoms with Crippen LogP contribution >= 0.6 is 0 Å². The van der Waals surface area contributed by atoms with E-state index in [4.69, 9.17) is 10.00 Å². The molecule has 0 aliphatic carbocycles. The van der Waals surface area contributed by atoms with E-state index >= 15 is 0 Å². The topological polar surface area (TPSA) is 62.1 Å². The molecule has 4 nitrogen and oxygen atoms in total. The Kier molecular flexibility index (Phi) is 2.46. The first-order valence-corrected chi connectivity index (χ1v) is 3.62. The summed E-state index contributed by atoms with van der Waals surface area (Å²) in [6, 6.07) is 0. The van der Waals surface area contributed by atoms with Crippen LogP contribution < -0.4 is 5.32 Å². The van der Waals surface area contributed by atoms with Crippen molar-refractivity contribution < 1.29 is 9.53 Å². The van der Waals surface area contributed by atoms with Crippen LogP contribution in [0.1, 0.15) is 6.92 Å². The van der Waals surface area contributed by atoms with E-state index < -0.39 is 0 Å². The summed E-state index contributed by atoms with van der Waals surface area (Å²) in [6.45, 7) is 3.28. The molecular formula is C8H10N2O2. The second-order valence-corrected chi connectivity index (χ2v) is 3.08. The van der Waals surface area contributed by atoms with Crippen molar-refractivity contribution in [3.8, 4) is 6.19 Å². The number of nitrogens with zero attached hydrogens (tertiary/aromatic N) is 1. The molecule has 0 bridgehead atoms. The second-order valence-electron chi connectivity index (χ2n) is 3.08. The summed E-state index contributed by atoms with van der Waals surface area (Å²) in [7, 11) is 0. The fourth-order valence-electron chi connectivity index (χ4n) is 0.894. The minimum atomic E-state index is -0.384. The van der Waals surface area contributed by atoms with Crippen LogP contribution in [0.25, 0.3) is 0 Å². The highest BCUT2D eigenvalue weighted by atomic mass is 16.5. The van der Waals surface area contributed by atoms with Gasteiger partial charge in [-0.15, -0.1) is 0 Å². The molecule has 1 aliphatic heterocycles. The van der Waals surface area contributed by atoms with Gasteiger partial charge in [0.2, 0.25) is 0 Å². The summed E-state index contributed by atoms with van der Waals surface area (Å²) in [5.74, 6) is -0.384. The van der Waals surface area contributed by atoms with Gasteiger partial charge in [-0.1, -0.05) is 13.0 Å². The van der Waals surface area contributed by atoms with Gasteiger partial charge in [0.15, 0.2) is 6.19 Å². The zero-order chi connectivity index (χ0) is 9.03. The van der Waals surface area contributed by atoms with Crippen molar-refractivity contribution in [3.63, 3.8) is 0 Å². The van der Waals surface area contributed by atoms with Crippen LogP contribution in [0.2, 0.25) is 0 Å². The molecule has 0 atom stereocenters. The molecule has 1 heterocycles. The Morgan fingerprint density at radius 2 is 2.42 bits per heavy atom. The molecule has 1 rings (SSSR count). The lowest BCUT2D eigenvalue weighted by atomic mass is 9.88. The first-order chi connectivity index (χ1) is 5.66. The van der Waals surface area contributed by atoms with Crippen molar-refractivity contribution in [1.29, 1.82) is 5.26 Å². The van der Waals surface area contributed by atoms with Gasteiger partial charge >= 0.3 is 0 Å². The molecule has 0 unspecified atom stereocenters. The molecule has 1 N–H and O–H groups in total. The zero-order valence-electron chi connectivity index (χ0n) is 6.83. The van der Waals surface area contributed by atoms with Crippen LogP contribution in [0, 0.1) is 16.9 Å². The number of carbonyl (C=O) groups is 1. The average molecular weight is 166 g/mol. The van der Waals surface area contributed by atoms with Crippen molar-refractivity contribution in [2.45, 2.75) is 6.92 Å². The number of nitriles is 1. The van der Waals surface area contributed by atoms with E-state index in [9.17, 15) is 4.79 Å². The normalized spacial score (nSPS) is 19.7. The molecular weight excluding hydrogens is 156 g/mol. The fraction of sp³-hybridized carbons (Fsp3) is 0.500. The monoisotopic (exact) mass is 166 g/mol. The van der Waals surface area contributed by atoms with E-state index in [1.54, 1.807) is 12.3 Å². The van der Waals surface area contributed by atoms with Gasteiger partial charge in [0.1, 0.15) is 0 Å². The molecule has 0 aromatic heterocycles. The Balaban J connectivity index is 2.39. The molecule has 1 saturated heterocycles. The highest BCUT2D eigenvalue weighted by Gasteiger charge is 2.30. The minimum absolute atomic E-state index is 0.0210. The third-order valence-corrected chi connectivity index (χ3v) is 1.68. The smallest absolute Gasteiger partial charge is 0.256 e. The van der Waals surface area contributed by atoms with E-state index in [2.05, 4.69) is 0 Å². The maximum Gasteiger partial charge on any atom is 0.256 e. The molecule has 12 heavy (non-hydrogen) atoms. The molecule has 1 aliphatic rings. The van der Waals surface area contributed by atoms with E-state index in [-0.39, 0.29) is 11.3 Å². The van der Waals surface area contributed by atoms with Crippen LogP contribution in [-0.4, -0.2) is 19.1 Å². The Morgan fingerprint density at radius 3 is 2.83 bits per heavy atom. The van der Waals surface area contributed by atoms with E-state index in [1.165, 1.54) is 6.08 Å². The molecule has 4 heteroatoms. The van der Waals surface area contributed by atoms with Gasteiger partial charge in [0.05, 0.1) is 13.2 Å². The predicted octanol–water partition coefficient (Wildman–Crippen LogP) is 0.176. The van der Waals surface area contributed by atoms with Gasteiger partial charge < -0.3 is 4.74 Å². The summed E-state index contributed by atoms with van der Waals surface area (Å²) in [5, 5.41) is 10.1. The van der Waals surface area contributed by atoms with Gasteiger partial charge in [-0.3, -0.25) is 10.1 Å². The number of carbonyl (C=O) groups excluding carboxylic acids is 1. The van der Waals surface area contributed by atoms with Crippen LogP contribution in [-0.2, 0) is 9.53 Å². The molecule has 1 amide bonds. The number of hydrogen-bond donors (Lipinski definition) is 1. The largest absolute Gasteiger partial charge is 0.379 e. The predicted molar refractivity (Wildman–Crippen MR) is 41.8 cm³/mol. The maximum absolute atomic E-state index is 10.8. The van der Waals surface area contributed by atoms with Crippen LogP contribution in [0.4, 0.5) is 0 Å². The Bertz CT molecular complexity index is 248. The Morgan fingerprint density at radius 1 is 1.75 bits per heavy atom. The van der Waals surface area contributed by atoms with Gasteiger partial charge in [-0.25, -0.2) is 0 Å². The lowest BCUT2D eigenvalue weighted by molar-refractivity contribution is -0.115. The molecule has 0 spiro atoms. The number of rotatable bonds is 2. The van der Waals surface area contributed by atoms with Crippen LogP contribution in [0.5, 0.6) is 0 Å². The summed E-state index contributed by atoms with van der Waals surface area (Å²) in [6.07, 6.45) is 4.69. The van der Waals surface area contributed by atoms with Crippen molar-refractivity contribution >= 4 is 5.91 Å². The van der Waals surface area contributed by atoms with E-state index in [0.29, 0.717) is 13.2 Å². The summed E-state index contributed by atoms with van der Waals surface area (Å²) < 4.78 is 4.98. The lowest BCUT2D eigenvalue weighted by Gasteiger charge is -2.34. The molecule has 1 fully saturated rings. The third-order valence-electron chi connectivity index (χ3n) is 1.68. The first kappa shape index (κ1) is 8.75. The van der Waals surface area contributed by atoms with Crippen molar-refractivity contribution in [3.05, 3.63) is 12.2 Å². The van der Waals surface area contributed by atoms with Gasteiger partial charge in [0.25, 0.3) is 5.91 Å².